The fourth-order valence-corrected chi connectivity index (χ4v) is 4.81. The first-order valence-corrected chi connectivity index (χ1v) is 11.0. The summed E-state index contributed by atoms with van der Waals surface area (Å²) in [4.78, 5) is 0.279. The summed E-state index contributed by atoms with van der Waals surface area (Å²) in [5, 5.41) is 4.43. The highest BCUT2D eigenvalue weighted by molar-refractivity contribution is 7.89. The van der Waals surface area contributed by atoms with E-state index in [1.165, 1.54) is 10.4 Å². The number of benzene rings is 1. The Morgan fingerprint density at radius 1 is 1.23 bits per heavy atom. The van der Waals surface area contributed by atoms with E-state index in [1.807, 2.05) is 26.0 Å². The molecule has 1 aliphatic heterocycles. The van der Waals surface area contributed by atoms with Crippen LogP contribution in [0.2, 0.25) is 0 Å². The van der Waals surface area contributed by atoms with Crippen molar-refractivity contribution in [1.82, 2.24) is 14.1 Å². The van der Waals surface area contributed by atoms with Gasteiger partial charge in [-0.25, -0.2) is 12.8 Å². The van der Waals surface area contributed by atoms with E-state index in [-0.39, 0.29) is 36.2 Å². The molecule has 166 valence electrons. The zero-order valence-electron chi connectivity index (χ0n) is 17.2. The van der Waals surface area contributed by atoms with Crippen LogP contribution in [0.5, 0.6) is 0 Å². The lowest BCUT2D eigenvalue weighted by Gasteiger charge is -2.26. The van der Waals surface area contributed by atoms with Crippen molar-refractivity contribution >= 4 is 22.4 Å². The SMILES string of the molecule is Cc1nn(C/C(F)=C/CN)c(C)c1Cc1ccc(S(=O)(=O)N2CCOCC2)cc1.Cl. The van der Waals surface area contributed by atoms with Gasteiger partial charge in [-0.1, -0.05) is 12.1 Å². The molecule has 0 spiro atoms. The second-order valence-corrected chi connectivity index (χ2v) is 8.97. The van der Waals surface area contributed by atoms with Crippen LogP contribution in [0.25, 0.3) is 0 Å². The van der Waals surface area contributed by atoms with Crippen LogP contribution < -0.4 is 5.73 Å². The highest BCUT2D eigenvalue weighted by Gasteiger charge is 2.26. The molecule has 3 rings (SSSR count). The number of hydrogen-bond acceptors (Lipinski definition) is 5. The number of ether oxygens (including phenoxy) is 1. The van der Waals surface area contributed by atoms with Crippen molar-refractivity contribution in [3.05, 3.63) is 58.7 Å². The minimum absolute atomic E-state index is 0. The lowest BCUT2D eigenvalue weighted by Crippen LogP contribution is -2.40. The van der Waals surface area contributed by atoms with Crippen molar-refractivity contribution in [1.29, 1.82) is 0 Å². The van der Waals surface area contributed by atoms with Gasteiger partial charge in [0.2, 0.25) is 10.0 Å². The van der Waals surface area contributed by atoms with Gasteiger partial charge in [0.15, 0.2) is 0 Å². The number of nitrogens with two attached hydrogens (primary N) is 1. The molecule has 0 unspecified atom stereocenters. The second-order valence-electron chi connectivity index (χ2n) is 7.03. The predicted molar refractivity (Wildman–Crippen MR) is 116 cm³/mol. The molecule has 0 atom stereocenters. The summed E-state index contributed by atoms with van der Waals surface area (Å²) in [7, 11) is -3.50. The largest absolute Gasteiger partial charge is 0.379 e. The summed E-state index contributed by atoms with van der Waals surface area (Å²) < 4.78 is 47.6. The smallest absolute Gasteiger partial charge is 0.243 e. The Kier molecular flexibility index (Phi) is 8.57. The number of sulfonamides is 1. The molecule has 2 N–H and O–H groups in total. The molecule has 0 amide bonds. The van der Waals surface area contributed by atoms with Gasteiger partial charge in [-0.05, 0) is 37.6 Å². The summed E-state index contributed by atoms with van der Waals surface area (Å²) in [5.74, 6) is -0.317. The maximum absolute atomic E-state index is 13.8. The molecule has 1 aliphatic rings. The van der Waals surface area contributed by atoms with Gasteiger partial charge in [0.1, 0.15) is 5.83 Å². The Hall–Kier alpha value is -1.78. The fourth-order valence-electron chi connectivity index (χ4n) is 3.40. The van der Waals surface area contributed by atoms with E-state index in [0.717, 1.165) is 22.5 Å². The van der Waals surface area contributed by atoms with E-state index in [0.29, 0.717) is 32.7 Å². The zero-order valence-corrected chi connectivity index (χ0v) is 18.8. The van der Waals surface area contributed by atoms with Crippen molar-refractivity contribution in [2.24, 2.45) is 5.73 Å². The summed E-state index contributed by atoms with van der Waals surface area (Å²) in [6, 6.07) is 6.91. The molecular formula is C20H28ClFN4O3S. The third-order valence-electron chi connectivity index (χ3n) is 5.08. The summed E-state index contributed by atoms with van der Waals surface area (Å²) in [6.45, 7) is 5.58. The Balaban J connectivity index is 0.00000320. The van der Waals surface area contributed by atoms with Crippen LogP contribution in [0.1, 0.15) is 22.5 Å². The lowest BCUT2D eigenvalue weighted by molar-refractivity contribution is 0.0730. The van der Waals surface area contributed by atoms with Gasteiger partial charge >= 0.3 is 0 Å². The standard InChI is InChI=1S/C20H27FN4O3S.ClH/c1-15-20(16(2)25(23-15)14-18(21)7-8-22)13-17-3-5-19(6-4-17)29(26,27)24-9-11-28-12-10-24;/h3-7H,8-14,22H2,1-2H3;1H/b18-7-;. The Bertz CT molecular complexity index is 984. The molecule has 1 saturated heterocycles. The summed E-state index contributed by atoms with van der Waals surface area (Å²) in [6.07, 6.45) is 1.93. The monoisotopic (exact) mass is 458 g/mol. The van der Waals surface area contributed by atoms with Gasteiger partial charge < -0.3 is 10.5 Å². The molecule has 0 bridgehead atoms. The van der Waals surface area contributed by atoms with Gasteiger partial charge in [0.05, 0.1) is 30.3 Å². The maximum atomic E-state index is 13.8. The second kappa shape index (κ2) is 10.5. The number of halogens is 2. The van der Waals surface area contributed by atoms with Gasteiger partial charge in [0, 0.05) is 37.3 Å². The number of hydrogen-bond donors (Lipinski definition) is 1. The van der Waals surface area contributed by atoms with E-state index in [1.54, 1.807) is 16.8 Å². The number of aryl methyl sites for hydroxylation is 1. The van der Waals surface area contributed by atoms with E-state index in [4.69, 9.17) is 10.5 Å². The molecular weight excluding hydrogens is 431 g/mol. The first-order chi connectivity index (χ1) is 13.8. The van der Waals surface area contributed by atoms with Crippen LogP contribution in [0, 0.1) is 13.8 Å². The summed E-state index contributed by atoms with van der Waals surface area (Å²) in [5.41, 5.74) is 9.04. The first kappa shape index (κ1) is 24.5. The first-order valence-electron chi connectivity index (χ1n) is 9.57. The highest BCUT2D eigenvalue weighted by Crippen LogP contribution is 2.22. The third kappa shape index (κ3) is 5.47. The molecule has 1 aromatic heterocycles. The summed E-state index contributed by atoms with van der Waals surface area (Å²) >= 11 is 0. The van der Waals surface area contributed by atoms with Crippen LogP contribution in [0.15, 0.2) is 41.1 Å². The van der Waals surface area contributed by atoms with Gasteiger partial charge in [-0.2, -0.15) is 9.40 Å². The van der Waals surface area contributed by atoms with E-state index < -0.39 is 10.0 Å². The van der Waals surface area contributed by atoms with E-state index >= 15 is 0 Å². The molecule has 0 aliphatic carbocycles. The minimum atomic E-state index is -3.50. The molecule has 2 aromatic rings. The van der Waals surface area contributed by atoms with E-state index in [9.17, 15) is 12.8 Å². The molecule has 2 heterocycles. The van der Waals surface area contributed by atoms with Crippen molar-refractivity contribution in [2.45, 2.75) is 31.7 Å². The number of rotatable bonds is 7. The van der Waals surface area contributed by atoms with Gasteiger partial charge in [0.25, 0.3) is 0 Å². The molecule has 10 heteroatoms. The van der Waals surface area contributed by atoms with Gasteiger partial charge in [-0.3, -0.25) is 4.68 Å². The average molecular weight is 459 g/mol. The van der Waals surface area contributed by atoms with Crippen LogP contribution >= 0.6 is 12.4 Å². The number of nitrogens with zero attached hydrogens (tertiary/aromatic N) is 3. The van der Waals surface area contributed by atoms with Crippen molar-refractivity contribution < 1.29 is 17.5 Å². The molecule has 7 nitrogen and oxygen atoms in total. The predicted octanol–water partition coefficient (Wildman–Crippen LogP) is 2.35. The van der Waals surface area contributed by atoms with Crippen molar-refractivity contribution in [3.63, 3.8) is 0 Å². The van der Waals surface area contributed by atoms with Crippen molar-refractivity contribution in [3.8, 4) is 0 Å². The number of morpholine rings is 1. The van der Waals surface area contributed by atoms with Crippen LogP contribution in [0.4, 0.5) is 4.39 Å². The Morgan fingerprint density at radius 3 is 2.47 bits per heavy atom. The molecule has 0 radical (unpaired) electrons. The normalized spacial score (nSPS) is 15.8. The molecule has 0 saturated carbocycles. The number of allylic oxidation sites excluding steroid dienone is 1. The Labute approximate surface area is 183 Å². The zero-order chi connectivity index (χ0) is 21.0. The minimum Gasteiger partial charge on any atom is -0.379 e. The average Bonchev–Trinajstić information content (AvgIpc) is 2.96. The quantitative estimate of drug-likeness (QED) is 0.687. The molecule has 30 heavy (non-hydrogen) atoms. The van der Waals surface area contributed by atoms with Crippen LogP contribution in [0.3, 0.4) is 0 Å². The highest BCUT2D eigenvalue weighted by atomic mass is 35.5. The topological polar surface area (TPSA) is 90.5 Å². The maximum Gasteiger partial charge on any atom is 0.243 e. The Morgan fingerprint density at radius 2 is 1.87 bits per heavy atom. The van der Waals surface area contributed by atoms with Crippen molar-refractivity contribution in [2.75, 3.05) is 32.8 Å². The third-order valence-corrected chi connectivity index (χ3v) is 7.00. The lowest BCUT2D eigenvalue weighted by atomic mass is 10.0. The molecule has 1 fully saturated rings. The molecule has 1 aromatic carbocycles. The van der Waals surface area contributed by atoms with Gasteiger partial charge in [-0.15, -0.1) is 12.4 Å². The fraction of sp³-hybridized carbons (Fsp3) is 0.450. The van der Waals surface area contributed by atoms with Crippen LogP contribution in [-0.4, -0.2) is 55.4 Å². The van der Waals surface area contributed by atoms with E-state index in [2.05, 4.69) is 5.10 Å². The van der Waals surface area contributed by atoms with Crippen LogP contribution in [-0.2, 0) is 27.7 Å². The number of aromatic nitrogens is 2.